The van der Waals surface area contributed by atoms with Crippen LogP contribution in [0.3, 0.4) is 0 Å². The maximum atomic E-state index is 12.8. The molecule has 1 saturated heterocycles. The standard InChI is InChI=1S/C16H16N4OS2/c1-10-18-19-14(22-10)11-5-4-8-20(9-11)16(21)15-17-12-6-2-3-7-13(12)23-15/h2-3,6-7,11H,4-5,8-9H2,1H3/t11-/m1/s1. The van der Waals surface area contributed by atoms with Crippen LogP contribution < -0.4 is 0 Å². The smallest absolute Gasteiger partial charge is 0.282 e. The predicted octanol–water partition coefficient (Wildman–Crippen LogP) is 3.48. The Hall–Kier alpha value is -1.86. The summed E-state index contributed by atoms with van der Waals surface area (Å²) in [6, 6.07) is 7.88. The summed E-state index contributed by atoms with van der Waals surface area (Å²) in [5, 5.41) is 11.0. The molecule has 0 saturated carbocycles. The summed E-state index contributed by atoms with van der Waals surface area (Å²) in [5.41, 5.74) is 0.897. The highest BCUT2D eigenvalue weighted by molar-refractivity contribution is 7.20. The van der Waals surface area contributed by atoms with E-state index in [2.05, 4.69) is 15.2 Å². The Morgan fingerprint density at radius 3 is 2.91 bits per heavy atom. The highest BCUT2D eigenvalue weighted by Gasteiger charge is 2.29. The zero-order chi connectivity index (χ0) is 15.8. The number of piperidine rings is 1. The quantitative estimate of drug-likeness (QED) is 0.714. The first-order valence-electron chi connectivity index (χ1n) is 7.65. The molecule has 1 fully saturated rings. The number of para-hydroxylation sites is 1. The first-order valence-corrected chi connectivity index (χ1v) is 9.29. The van der Waals surface area contributed by atoms with E-state index in [0.29, 0.717) is 17.5 Å². The minimum absolute atomic E-state index is 0.0390. The van der Waals surface area contributed by atoms with Gasteiger partial charge in [0, 0.05) is 19.0 Å². The Bertz CT molecular complexity index is 824. The Kier molecular flexibility index (Phi) is 3.82. The molecule has 1 amide bonds. The number of hydrogen-bond donors (Lipinski definition) is 0. The van der Waals surface area contributed by atoms with Crippen molar-refractivity contribution in [2.45, 2.75) is 25.7 Å². The van der Waals surface area contributed by atoms with Crippen LogP contribution in [0.25, 0.3) is 10.2 Å². The summed E-state index contributed by atoms with van der Waals surface area (Å²) in [7, 11) is 0. The van der Waals surface area contributed by atoms with E-state index in [0.717, 1.165) is 39.6 Å². The summed E-state index contributed by atoms with van der Waals surface area (Å²) in [6.07, 6.45) is 2.07. The SMILES string of the molecule is Cc1nnc([C@@H]2CCCN(C(=O)c3nc4ccccc4s3)C2)s1. The van der Waals surface area contributed by atoms with Crippen molar-refractivity contribution >= 4 is 38.8 Å². The fourth-order valence-electron chi connectivity index (χ4n) is 2.94. The van der Waals surface area contributed by atoms with E-state index in [1.165, 1.54) is 11.3 Å². The number of amides is 1. The van der Waals surface area contributed by atoms with Gasteiger partial charge in [0.1, 0.15) is 10.0 Å². The van der Waals surface area contributed by atoms with Crippen LogP contribution in [0.1, 0.15) is 38.6 Å². The highest BCUT2D eigenvalue weighted by atomic mass is 32.1. The number of carbonyl (C=O) groups excluding carboxylic acids is 1. The van der Waals surface area contributed by atoms with Gasteiger partial charge < -0.3 is 4.90 Å². The van der Waals surface area contributed by atoms with E-state index < -0.39 is 0 Å². The number of aromatic nitrogens is 3. The molecule has 4 rings (SSSR count). The minimum atomic E-state index is 0.0390. The van der Waals surface area contributed by atoms with Gasteiger partial charge in [0.25, 0.3) is 5.91 Å². The molecule has 0 spiro atoms. The lowest BCUT2D eigenvalue weighted by atomic mass is 9.99. The van der Waals surface area contributed by atoms with E-state index in [4.69, 9.17) is 0 Å². The number of thiazole rings is 1. The maximum Gasteiger partial charge on any atom is 0.282 e. The predicted molar refractivity (Wildman–Crippen MR) is 92.1 cm³/mol. The number of aryl methyl sites for hydroxylation is 1. The van der Waals surface area contributed by atoms with E-state index in [1.807, 2.05) is 36.1 Å². The van der Waals surface area contributed by atoms with Gasteiger partial charge in [-0.2, -0.15) is 0 Å². The van der Waals surface area contributed by atoms with Crippen LogP contribution in [0.5, 0.6) is 0 Å². The lowest BCUT2D eigenvalue weighted by molar-refractivity contribution is 0.0706. The van der Waals surface area contributed by atoms with Gasteiger partial charge >= 0.3 is 0 Å². The molecule has 0 unspecified atom stereocenters. The fraction of sp³-hybridized carbons (Fsp3) is 0.375. The van der Waals surface area contributed by atoms with E-state index >= 15 is 0 Å². The average molecular weight is 344 g/mol. The molecule has 1 atom stereocenters. The second-order valence-electron chi connectivity index (χ2n) is 5.74. The molecule has 118 valence electrons. The van der Waals surface area contributed by atoms with E-state index in [1.54, 1.807) is 11.3 Å². The molecule has 7 heteroatoms. The summed E-state index contributed by atoms with van der Waals surface area (Å²) >= 11 is 3.11. The van der Waals surface area contributed by atoms with Gasteiger partial charge in [0.2, 0.25) is 0 Å². The molecule has 2 aromatic heterocycles. The molecule has 3 heterocycles. The van der Waals surface area contributed by atoms with Crippen molar-refractivity contribution in [3.63, 3.8) is 0 Å². The van der Waals surface area contributed by atoms with E-state index in [-0.39, 0.29) is 5.91 Å². The average Bonchev–Trinajstić information content (AvgIpc) is 3.20. The van der Waals surface area contributed by atoms with Crippen LogP contribution in [-0.4, -0.2) is 39.1 Å². The van der Waals surface area contributed by atoms with Crippen molar-refractivity contribution in [2.75, 3.05) is 13.1 Å². The van der Waals surface area contributed by atoms with Gasteiger partial charge in [-0.15, -0.1) is 32.9 Å². The van der Waals surface area contributed by atoms with Crippen LogP contribution >= 0.6 is 22.7 Å². The third-order valence-corrected chi connectivity index (χ3v) is 6.10. The second kappa shape index (κ2) is 5.98. The third-order valence-electron chi connectivity index (χ3n) is 4.08. The third kappa shape index (κ3) is 2.86. The van der Waals surface area contributed by atoms with Crippen molar-refractivity contribution in [1.29, 1.82) is 0 Å². The monoisotopic (exact) mass is 344 g/mol. The Balaban J connectivity index is 1.55. The topological polar surface area (TPSA) is 59.0 Å². The van der Waals surface area contributed by atoms with Crippen LogP contribution in [0.4, 0.5) is 0 Å². The number of hydrogen-bond acceptors (Lipinski definition) is 6. The van der Waals surface area contributed by atoms with Gasteiger partial charge in [-0.3, -0.25) is 4.79 Å². The van der Waals surface area contributed by atoms with Crippen LogP contribution in [-0.2, 0) is 0 Å². The van der Waals surface area contributed by atoms with Crippen molar-refractivity contribution < 1.29 is 4.79 Å². The van der Waals surface area contributed by atoms with Crippen molar-refractivity contribution in [2.24, 2.45) is 0 Å². The van der Waals surface area contributed by atoms with Crippen molar-refractivity contribution in [1.82, 2.24) is 20.1 Å². The minimum Gasteiger partial charge on any atom is -0.336 e. The zero-order valence-corrected chi connectivity index (χ0v) is 14.4. The van der Waals surface area contributed by atoms with Crippen LogP contribution in [0.2, 0.25) is 0 Å². The Labute approximate surface area is 142 Å². The number of fused-ring (bicyclic) bond motifs is 1. The molecule has 0 radical (unpaired) electrons. The molecule has 0 bridgehead atoms. The summed E-state index contributed by atoms with van der Waals surface area (Å²) in [4.78, 5) is 19.2. The van der Waals surface area contributed by atoms with Gasteiger partial charge in [0.05, 0.1) is 10.2 Å². The largest absolute Gasteiger partial charge is 0.336 e. The molecule has 0 N–H and O–H groups in total. The first-order chi connectivity index (χ1) is 11.2. The molecule has 3 aromatic rings. The Morgan fingerprint density at radius 1 is 1.26 bits per heavy atom. The highest BCUT2D eigenvalue weighted by Crippen LogP contribution is 2.30. The molecule has 23 heavy (non-hydrogen) atoms. The molecule has 1 aliphatic heterocycles. The van der Waals surface area contributed by atoms with Gasteiger partial charge in [-0.05, 0) is 31.9 Å². The molecule has 0 aliphatic carbocycles. The second-order valence-corrected chi connectivity index (χ2v) is 7.98. The lowest BCUT2D eigenvalue weighted by Gasteiger charge is -2.30. The maximum absolute atomic E-state index is 12.8. The van der Waals surface area contributed by atoms with Crippen molar-refractivity contribution in [3.8, 4) is 0 Å². The number of likely N-dealkylation sites (tertiary alicyclic amines) is 1. The summed E-state index contributed by atoms with van der Waals surface area (Å²) < 4.78 is 1.06. The summed E-state index contributed by atoms with van der Waals surface area (Å²) in [5.74, 6) is 0.338. The number of benzene rings is 1. The first kappa shape index (κ1) is 14.7. The Morgan fingerprint density at radius 2 is 2.13 bits per heavy atom. The van der Waals surface area contributed by atoms with Gasteiger partial charge in [-0.1, -0.05) is 12.1 Å². The molecule has 1 aromatic carbocycles. The molecule has 5 nitrogen and oxygen atoms in total. The number of nitrogens with zero attached hydrogens (tertiary/aromatic N) is 4. The molecular formula is C16H16N4OS2. The van der Waals surface area contributed by atoms with Crippen molar-refractivity contribution in [3.05, 3.63) is 39.3 Å². The zero-order valence-electron chi connectivity index (χ0n) is 12.7. The van der Waals surface area contributed by atoms with Gasteiger partial charge in [0.15, 0.2) is 5.01 Å². The molecule has 1 aliphatic rings. The molecular weight excluding hydrogens is 328 g/mol. The number of carbonyl (C=O) groups is 1. The van der Waals surface area contributed by atoms with Crippen LogP contribution in [0, 0.1) is 6.92 Å². The van der Waals surface area contributed by atoms with Crippen LogP contribution in [0.15, 0.2) is 24.3 Å². The summed E-state index contributed by atoms with van der Waals surface area (Å²) in [6.45, 7) is 3.47. The number of rotatable bonds is 2. The lowest BCUT2D eigenvalue weighted by Crippen LogP contribution is -2.39. The fourth-order valence-corrected chi connectivity index (χ4v) is 4.70. The normalized spacial score (nSPS) is 18.5. The van der Waals surface area contributed by atoms with E-state index in [9.17, 15) is 4.79 Å². The van der Waals surface area contributed by atoms with Gasteiger partial charge in [-0.25, -0.2) is 4.98 Å².